The maximum atomic E-state index is 12.7. The molecule has 1 N–H and O–H groups in total. The largest absolute Gasteiger partial charge is 0.478 e. The maximum Gasteiger partial charge on any atom is 0.335 e. The number of carbonyl (C=O) groups excluding carboxylic acids is 1. The van der Waals surface area contributed by atoms with Crippen LogP contribution in [-0.4, -0.2) is 35.6 Å². The second-order valence-electron chi connectivity index (χ2n) is 5.99. The molecule has 1 aliphatic heterocycles. The molecule has 0 spiro atoms. The summed E-state index contributed by atoms with van der Waals surface area (Å²) in [6, 6.07) is 4.83. The predicted octanol–water partition coefficient (Wildman–Crippen LogP) is 3.59. The van der Waals surface area contributed by atoms with Crippen LogP contribution in [-0.2, 0) is 0 Å². The van der Waals surface area contributed by atoms with Crippen LogP contribution in [0.3, 0.4) is 0 Å². The van der Waals surface area contributed by atoms with Crippen LogP contribution in [0.15, 0.2) is 42.0 Å². The van der Waals surface area contributed by atoms with Gasteiger partial charge in [-0.2, -0.15) is 0 Å². The molecule has 23 heavy (non-hydrogen) atoms. The molecule has 0 saturated heterocycles. The number of amides is 2. The number of aromatic carboxylic acids is 1. The van der Waals surface area contributed by atoms with Gasteiger partial charge in [-0.1, -0.05) is 24.3 Å². The quantitative estimate of drug-likeness (QED) is 0.927. The Kier molecular flexibility index (Phi) is 3.94. The first-order valence-corrected chi connectivity index (χ1v) is 7.76. The molecule has 0 radical (unpaired) electrons. The van der Waals surface area contributed by atoms with E-state index in [4.69, 9.17) is 0 Å². The van der Waals surface area contributed by atoms with E-state index in [1.165, 1.54) is 0 Å². The van der Waals surface area contributed by atoms with Crippen molar-refractivity contribution in [1.29, 1.82) is 0 Å². The van der Waals surface area contributed by atoms with E-state index >= 15 is 0 Å². The van der Waals surface area contributed by atoms with Crippen LogP contribution in [0.25, 0.3) is 0 Å². The summed E-state index contributed by atoms with van der Waals surface area (Å²) in [7, 11) is 1.78. The summed E-state index contributed by atoms with van der Waals surface area (Å²) in [5.74, 6) is -0.983. The summed E-state index contributed by atoms with van der Waals surface area (Å²) < 4.78 is 0. The number of hydrogen-bond donors (Lipinski definition) is 1. The van der Waals surface area contributed by atoms with E-state index in [0.29, 0.717) is 12.2 Å². The molecular formula is C18H20N2O3. The Balaban J connectivity index is 2.04. The fraction of sp³-hybridized carbons (Fsp3) is 0.333. The topological polar surface area (TPSA) is 60.9 Å². The second kappa shape index (κ2) is 5.91. The summed E-state index contributed by atoms with van der Waals surface area (Å²) >= 11 is 0. The van der Waals surface area contributed by atoms with E-state index < -0.39 is 5.97 Å². The van der Waals surface area contributed by atoms with Gasteiger partial charge in [-0.25, -0.2) is 9.59 Å². The van der Waals surface area contributed by atoms with Crippen molar-refractivity contribution in [2.45, 2.75) is 25.8 Å². The molecule has 0 aromatic heterocycles. The maximum absolute atomic E-state index is 12.7. The van der Waals surface area contributed by atoms with E-state index in [0.717, 1.165) is 24.0 Å². The van der Waals surface area contributed by atoms with Crippen molar-refractivity contribution in [2.24, 2.45) is 0 Å². The lowest BCUT2D eigenvalue weighted by molar-refractivity contribution is 0.0696. The molecule has 0 bridgehead atoms. The van der Waals surface area contributed by atoms with Gasteiger partial charge in [0.15, 0.2) is 0 Å². The standard InChI is InChI=1S/C18H20N2O3/c1-12-15-9-8-14(17(21)22)10-16(15)20(18(23)19(12)2)11-13-6-4-3-5-7-13/h4,6-10,12H,3,5,11H2,1-2H3,(H,21,22). The van der Waals surface area contributed by atoms with Crippen molar-refractivity contribution in [3.8, 4) is 0 Å². The normalized spacial score (nSPS) is 20.3. The van der Waals surface area contributed by atoms with Gasteiger partial charge >= 0.3 is 12.0 Å². The molecule has 3 rings (SSSR count). The molecule has 1 unspecified atom stereocenters. The van der Waals surface area contributed by atoms with Crippen molar-refractivity contribution in [1.82, 2.24) is 4.90 Å². The van der Waals surface area contributed by atoms with E-state index in [9.17, 15) is 14.7 Å². The number of carboxylic acids is 1. The molecule has 1 atom stereocenters. The van der Waals surface area contributed by atoms with E-state index in [-0.39, 0.29) is 17.6 Å². The zero-order valence-corrected chi connectivity index (χ0v) is 13.3. The molecule has 2 amide bonds. The third kappa shape index (κ3) is 2.74. The highest BCUT2D eigenvalue weighted by molar-refractivity contribution is 5.98. The van der Waals surface area contributed by atoms with E-state index in [1.807, 2.05) is 19.1 Å². The Labute approximate surface area is 135 Å². The summed E-state index contributed by atoms with van der Waals surface area (Å²) in [5.41, 5.74) is 2.95. The number of benzene rings is 1. The minimum Gasteiger partial charge on any atom is -0.478 e. The van der Waals surface area contributed by atoms with Crippen LogP contribution in [0.2, 0.25) is 0 Å². The van der Waals surface area contributed by atoms with Crippen LogP contribution in [0.5, 0.6) is 0 Å². The first kappa shape index (κ1) is 15.3. The Morgan fingerprint density at radius 3 is 2.78 bits per heavy atom. The van der Waals surface area contributed by atoms with E-state index in [1.54, 1.807) is 29.0 Å². The average molecular weight is 312 g/mol. The zero-order chi connectivity index (χ0) is 16.6. The predicted molar refractivity (Wildman–Crippen MR) is 88.8 cm³/mol. The molecule has 120 valence electrons. The molecule has 0 saturated carbocycles. The summed E-state index contributed by atoms with van der Waals surface area (Å²) in [5, 5.41) is 9.24. The highest BCUT2D eigenvalue weighted by Gasteiger charge is 2.33. The van der Waals surface area contributed by atoms with Crippen LogP contribution in [0, 0.1) is 0 Å². The third-order valence-corrected chi connectivity index (χ3v) is 4.54. The molecular weight excluding hydrogens is 292 g/mol. The van der Waals surface area contributed by atoms with Crippen molar-refractivity contribution in [2.75, 3.05) is 18.5 Å². The monoisotopic (exact) mass is 312 g/mol. The van der Waals surface area contributed by atoms with Gasteiger partial charge in [0.05, 0.1) is 23.8 Å². The third-order valence-electron chi connectivity index (χ3n) is 4.54. The second-order valence-corrected chi connectivity index (χ2v) is 5.99. The number of fused-ring (bicyclic) bond motifs is 1. The average Bonchev–Trinajstić information content (AvgIpc) is 2.57. The molecule has 1 aromatic rings. The highest BCUT2D eigenvalue weighted by atomic mass is 16.4. The van der Waals surface area contributed by atoms with Gasteiger partial charge in [0.2, 0.25) is 0 Å². The van der Waals surface area contributed by atoms with Gasteiger partial charge in [0.25, 0.3) is 0 Å². The molecule has 5 heteroatoms. The number of carboxylic acid groups (broad SMARTS) is 1. The van der Waals surface area contributed by atoms with Crippen LogP contribution in [0.1, 0.15) is 41.7 Å². The van der Waals surface area contributed by atoms with Crippen molar-refractivity contribution >= 4 is 17.7 Å². The Bertz CT molecular complexity index is 721. The van der Waals surface area contributed by atoms with E-state index in [2.05, 4.69) is 12.2 Å². The van der Waals surface area contributed by atoms with Gasteiger partial charge in [0, 0.05) is 7.05 Å². The van der Waals surface area contributed by atoms with Gasteiger partial charge in [0.1, 0.15) is 0 Å². The number of rotatable bonds is 3. The molecule has 2 aliphatic rings. The van der Waals surface area contributed by atoms with Gasteiger partial charge in [-0.15, -0.1) is 0 Å². The van der Waals surface area contributed by atoms with Gasteiger partial charge in [-0.3, -0.25) is 4.90 Å². The molecule has 1 heterocycles. The lowest BCUT2D eigenvalue weighted by atomic mass is 9.98. The number of carbonyl (C=O) groups is 2. The first-order valence-electron chi connectivity index (χ1n) is 7.76. The SMILES string of the molecule is CC1c2ccc(C(=O)O)cc2N(CC2=CCCC=C2)C(=O)N1C. The Morgan fingerprint density at radius 2 is 2.13 bits per heavy atom. The van der Waals surface area contributed by atoms with Crippen LogP contribution >= 0.6 is 0 Å². The summed E-state index contributed by atoms with van der Waals surface area (Å²) in [6.07, 6.45) is 8.27. The molecule has 1 aromatic carbocycles. The van der Waals surface area contributed by atoms with Crippen molar-refractivity contribution < 1.29 is 14.7 Å². The lowest BCUT2D eigenvalue weighted by Gasteiger charge is -2.40. The lowest BCUT2D eigenvalue weighted by Crippen LogP contribution is -2.47. The smallest absolute Gasteiger partial charge is 0.335 e. The number of urea groups is 1. The zero-order valence-electron chi connectivity index (χ0n) is 13.3. The molecule has 1 aliphatic carbocycles. The number of anilines is 1. The van der Waals surface area contributed by atoms with Crippen LogP contribution in [0.4, 0.5) is 10.5 Å². The van der Waals surface area contributed by atoms with Crippen molar-refractivity contribution in [3.05, 3.63) is 53.1 Å². The number of nitrogens with zero attached hydrogens (tertiary/aromatic N) is 2. The summed E-state index contributed by atoms with van der Waals surface area (Å²) in [4.78, 5) is 27.3. The van der Waals surface area contributed by atoms with Crippen LogP contribution < -0.4 is 4.90 Å². The van der Waals surface area contributed by atoms with Crippen molar-refractivity contribution in [3.63, 3.8) is 0 Å². The van der Waals surface area contributed by atoms with Gasteiger partial charge < -0.3 is 10.0 Å². The minimum atomic E-state index is -0.983. The Hall–Kier alpha value is -2.56. The summed E-state index contributed by atoms with van der Waals surface area (Å²) in [6.45, 7) is 2.41. The first-order chi connectivity index (χ1) is 11.0. The fourth-order valence-electron chi connectivity index (χ4n) is 3.05. The van der Waals surface area contributed by atoms with Gasteiger partial charge in [-0.05, 0) is 43.0 Å². The number of hydrogen-bond acceptors (Lipinski definition) is 2. The minimum absolute atomic E-state index is 0.0764. The highest BCUT2D eigenvalue weighted by Crippen LogP contribution is 2.37. The molecule has 5 nitrogen and oxygen atoms in total. The fourth-order valence-corrected chi connectivity index (χ4v) is 3.05. The molecule has 0 fully saturated rings. The number of allylic oxidation sites excluding steroid dienone is 2. The Morgan fingerprint density at radius 1 is 1.35 bits per heavy atom.